The van der Waals surface area contributed by atoms with E-state index in [0.717, 1.165) is 18.1 Å². The van der Waals surface area contributed by atoms with Crippen LogP contribution in [0.5, 0.6) is 0 Å². The maximum atomic E-state index is 12.2. The molecule has 0 radical (unpaired) electrons. The van der Waals surface area contributed by atoms with Gasteiger partial charge >= 0.3 is 6.30 Å². The van der Waals surface area contributed by atoms with E-state index in [1.165, 1.54) is 24.0 Å². The van der Waals surface area contributed by atoms with Gasteiger partial charge in [-0.05, 0) is 5.75 Å². The number of halogens is 3. The second-order valence-electron chi connectivity index (χ2n) is 2.99. The monoisotopic (exact) mass is 278 g/mol. The summed E-state index contributed by atoms with van der Waals surface area (Å²) < 4.78 is 36.5. The number of hydrogen-bond acceptors (Lipinski definition) is 4. The normalized spacial score (nSPS) is 13.2. The first-order chi connectivity index (χ1) is 8.43. The first kappa shape index (κ1) is 14.4. The summed E-state index contributed by atoms with van der Waals surface area (Å²) in [6.45, 7) is 1.91. The van der Waals surface area contributed by atoms with Crippen LogP contribution >= 0.6 is 11.8 Å². The number of nitrogens with two attached hydrogens (primary N) is 1. The Morgan fingerprint density at radius 3 is 2.83 bits per heavy atom. The highest BCUT2D eigenvalue weighted by Gasteiger charge is 2.43. The van der Waals surface area contributed by atoms with Gasteiger partial charge in [0.1, 0.15) is 6.20 Å². The molecule has 18 heavy (non-hydrogen) atoms. The lowest BCUT2D eigenvalue weighted by Gasteiger charge is -1.96. The van der Waals surface area contributed by atoms with E-state index in [9.17, 15) is 13.2 Å². The molecule has 0 spiro atoms. The van der Waals surface area contributed by atoms with Crippen molar-refractivity contribution in [3.8, 4) is 0 Å². The molecule has 0 atom stereocenters. The highest BCUT2D eigenvalue weighted by Crippen LogP contribution is 2.11. The van der Waals surface area contributed by atoms with Gasteiger partial charge in [0.15, 0.2) is 5.17 Å². The van der Waals surface area contributed by atoms with Crippen LogP contribution < -0.4 is 10.4 Å². The van der Waals surface area contributed by atoms with Crippen LogP contribution in [0.4, 0.5) is 13.2 Å². The number of amidine groups is 1. The van der Waals surface area contributed by atoms with Crippen molar-refractivity contribution in [1.82, 2.24) is 5.10 Å². The van der Waals surface area contributed by atoms with Crippen LogP contribution in [0.1, 0.15) is 12.5 Å². The van der Waals surface area contributed by atoms with Gasteiger partial charge in [-0.25, -0.2) is 0 Å². The number of rotatable bonds is 3. The zero-order chi connectivity index (χ0) is 13.6. The molecular weight excluding hydrogens is 267 g/mol. The number of hydrogen-bond donors (Lipinski definition) is 1. The third-order valence-electron chi connectivity index (χ3n) is 1.65. The molecule has 0 bridgehead atoms. The molecule has 0 amide bonds. The van der Waals surface area contributed by atoms with Gasteiger partial charge in [0.2, 0.25) is 6.20 Å². The number of alkyl halides is 3. The van der Waals surface area contributed by atoms with E-state index in [2.05, 4.69) is 15.3 Å². The van der Waals surface area contributed by atoms with E-state index >= 15 is 0 Å². The average Bonchev–Trinajstić information content (AvgIpc) is 2.29. The standard InChI is InChI=1S/C9H10F3N5S/c1-2-18-8(13)16-14-5-7-3-4-17(15-6-7)9(10,11)12/h3-6,13H,2H2,1H3/p+1. The summed E-state index contributed by atoms with van der Waals surface area (Å²) >= 11 is 1.32. The fourth-order valence-corrected chi connectivity index (χ4v) is 1.32. The molecule has 0 aliphatic carbocycles. The summed E-state index contributed by atoms with van der Waals surface area (Å²) in [5, 5.41) is 10.8. The van der Waals surface area contributed by atoms with E-state index in [1.807, 2.05) is 6.92 Å². The maximum Gasteiger partial charge on any atom is 0.662 e. The van der Waals surface area contributed by atoms with Crippen LogP contribution in [0.25, 0.3) is 0 Å². The van der Waals surface area contributed by atoms with Gasteiger partial charge in [-0.3, -0.25) is 0 Å². The minimum absolute atomic E-state index is 0.102. The summed E-state index contributed by atoms with van der Waals surface area (Å²) in [6.07, 6.45) is -1.41. The van der Waals surface area contributed by atoms with Crippen LogP contribution in [0, 0.1) is 0 Å². The van der Waals surface area contributed by atoms with Crippen LogP contribution in [0.3, 0.4) is 0 Å². The Bertz CT molecular complexity index is 441. The summed E-state index contributed by atoms with van der Waals surface area (Å²) in [7, 11) is 0. The molecule has 0 aliphatic rings. The fourth-order valence-electron chi connectivity index (χ4n) is 0.923. The number of nitrogens with zero attached hydrogens (tertiary/aromatic N) is 4. The van der Waals surface area contributed by atoms with Crippen molar-refractivity contribution in [2.24, 2.45) is 15.9 Å². The molecule has 0 saturated carbocycles. The molecule has 0 saturated heterocycles. The molecule has 0 unspecified atom stereocenters. The predicted octanol–water partition coefficient (Wildman–Crippen LogP) is 1.25. The molecular formula is C9H11F3N5S+. The molecule has 1 heterocycles. The van der Waals surface area contributed by atoms with Crippen LogP contribution in [0.15, 0.2) is 28.7 Å². The van der Waals surface area contributed by atoms with E-state index in [0.29, 0.717) is 10.7 Å². The van der Waals surface area contributed by atoms with Crippen molar-refractivity contribution in [3.05, 3.63) is 24.0 Å². The lowest BCUT2D eigenvalue weighted by atomic mass is 10.3. The zero-order valence-electron chi connectivity index (χ0n) is 9.42. The first-order valence-electron chi connectivity index (χ1n) is 4.88. The Morgan fingerprint density at radius 1 is 1.61 bits per heavy atom. The van der Waals surface area contributed by atoms with Gasteiger partial charge in [0.25, 0.3) is 0 Å². The Labute approximate surface area is 106 Å². The summed E-state index contributed by atoms with van der Waals surface area (Å²) in [5.41, 5.74) is 5.86. The lowest BCUT2D eigenvalue weighted by molar-refractivity contribution is -0.896. The number of aromatic nitrogens is 2. The topological polar surface area (TPSA) is 67.5 Å². The van der Waals surface area contributed by atoms with Gasteiger partial charge < -0.3 is 5.73 Å². The van der Waals surface area contributed by atoms with Crippen molar-refractivity contribution >= 4 is 23.1 Å². The van der Waals surface area contributed by atoms with Gasteiger partial charge in [-0.1, -0.05) is 18.7 Å². The van der Waals surface area contributed by atoms with E-state index < -0.39 is 6.30 Å². The van der Waals surface area contributed by atoms with E-state index in [1.54, 1.807) is 0 Å². The Kier molecular flexibility index (Phi) is 5.08. The maximum absolute atomic E-state index is 12.2. The smallest absolute Gasteiger partial charge is 0.377 e. The second-order valence-corrected chi connectivity index (χ2v) is 4.27. The van der Waals surface area contributed by atoms with E-state index in [-0.39, 0.29) is 4.68 Å². The summed E-state index contributed by atoms with van der Waals surface area (Å²) in [4.78, 5) is 0. The molecule has 9 heteroatoms. The first-order valence-corrected chi connectivity index (χ1v) is 5.86. The zero-order valence-corrected chi connectivity index (χ0v) is 10.2. The minimum Gasteiger partial charge on any atom is -0.377 e. The molecule has 0 aliphatic heterocycles. The van der Waals surface area contributed by atoms with Gasteiger partial charge in [-0.2, -0.15) is 5.10 Å². The SMILES string of the molecule is CCS/C(N)=N\N=C\c1cc[n+](C(F)(F)F)nc1. The molecule has 0 aromatic carbocycles. The van der Waals surface area contributed by atoms with Crippen LogP contribution in [0.2, 0.25) is 0 Å². The summed E-state index contributed by atoms with van der Waals surface area (Å²) in [6, 6.07) is 1.22. The van der Waals surface area contributed by atoms with Crippen LogP contribution in [-0.2, 0) is 6.30 Å². The van der Waals surface area contributed by atoms with Crippen molar-refractivity contribution in [1.29, 1.82) is 0 Å². The average molecular weight is 278 g/mol. The predicted molar refractivity (Wildman–Crippen MR) is 63.1 cm³/mol. The summed E-state index contributed by atoms with van der Waals surface area (Å²) in [5.74, 6) is 0.767. The van der Waals surface area contributed by atoms with E-state index in [4.69, 9.17) is 5.73 Å². The van der Waals surface area contributed by atoms with Gasteiger partial charge in [-0.15, -0.1) is 18.3 Å². The van der Waals surface area contributed by atoms with Gasteiger partial charge in [0, 0.05) is 21.4 Å². The molecule has 1 aromatic heterocycles. The Balaban J connectivity index is 2.70. The third kappa shape index (κ3) is 4.70. The molecule has 5 nitrogen and oxygen atoms in total. The lowest BCUT2D eigenvalue weighted by Crippen LogP contribution is -2.50. The molecule has 0 fully saturated rings. The van der Waals surface area contributed by atoms with Crippen LogP contribution in [-0.4, -0.2) is 22.2 Å². The Morgan fingerprint density at radius 2 is 2.33 bits per heavy atom. The van der Waals surface area contributed by atoms with Crippen molar-refractivity contribution in [2.45, 2.75) is 13.2 Å². The second kappa shape index (κ2) is 6.34. The largest absolute Gasteiger partial charge is 0.662 e. The molecule has 98 valence electrons. The highest BCUT2D eigenvalue weighted by molar-refractivity contribution is 8.13. The fraction of sp³-hybridized carbons (Fsp3) is 0.333. The third-order valence-corrected chi connectivity index (χ3v) is 2.32. The minimum atomic E-state index is -4.52. The van der Waals surface area contributed by atoms with Crippen molar-refractivity contribution in [2.75, 3.05) is 5.75 Å². The molecule has 2 N–H and O–H groups in total. The molecule has 1 aromatic rings. The molecule has 1 rings (SSSR count). The van der Waals surface area contributed by atoms with Crippen molar-refractivity contribution in [3.63, 3.8) is 0 Å². The van der Waals surface area contributed by atoms with Crippen molar-refractivity contribution < 1.29 is 17.9 Å². The Hall–Kier alpha value is -1.64. The highest BCUT2D eigenvalue weighted by atomic mass is 32.2. The van der Waals surface area contributed by atoms with Gasteiger partial charge in [0.05, 0.1) is 6.21 Å². The number of thioether (sulfide) groups is 1. The quantitative estimate of drug-likeness (QED) is 0.391.